The summed E-state index contributed by atoms with van der Waals surface area (Å²) in [6.07, 6.45) is 1.26. The zero-order valence-electron chi connectivity index (χ0n) is 17.9. The van der Waals surface area contributed by atoms with Crippen molar-refractivity contribution < 1.29 is 14.2 Å². The molecule has 2 rings (SSSR count). The molecule has 29 heavy (non-hydrogen) atoms. The van der Waals surface area contributed by atoms with Crippen molar-refractivity contribution in [1.29, 1.82) is 0 Å². The van der Waals surface area contributed by atoms with Gasteiger partial charge in [-0.25, -0.2) is 4.39 Å². The molecule has 0 saturated carbocycles. The van der Waals surface area contributed by atoms with E-state index >= 15 is 0 Å². The Kier molecular flexibility index (Phi) is 8.45. The van der Waals surface area contributed by atoms with Gasteiger partial charge in [0, 0.05) is 38.9 Å². The lowest BCUT2D eigenvalue weighted by Crippen LogP contribution is -2.39. The number of halogens is 1. The lowest BCUT2D eigenvalue weighted by Gasteiger charge is -2.23. The monoisotopic (exact) mass is 405 g/mol. The van der Waals surface area contributed by atoms with Gasteiger partial charge >= 0.3 is 0 Å². The second-order valence-corrected chi connectivity index (χ2v) is 7.34. The number of aliphatic imine (C=N–C) groups is 1. The smallest absolute Gasteiger partial charge is 0.194 e. The summed E-state index contributed by atoms with van der Waals surface area (Å²) in [5.74, 6) is 1.22. The molecular weight excluding hydrogens is 373 g/mol. The number of hydrogen-bond donors (Lipinski definition) is 2. The summed E-state index contributed by atoms with van der Waals surface area (Å²) in [4.78, 5) is 6.55. The Labute approximate surface area is 172 Å². The zero-order chi connectivity index (χ0) is 21.4. The van der Waals surface area contributed by atoms with Crippen LogP contribution in [0.15, 0.2) is 35.5 Å². The van der Waals surface area contributed by atoms with E-state index in [1.165, 1.54) is 24.3 Å². The molecule has 0 aliphatic rings. The summed E-state index contributed by atoms with van der Waals surface area (Å²) in [7, 11) is 3.88. The van der Waals surface area contributed by atoms with Gasteiger partial charge in [-0.1, -0.05) is 13.8 Å². The summed E-state index contributed by atoms with van der Waals surface area (Å²) < 4.78 is 20.2. The summed E-state index contributed by atoms with van der Waals surface area (Å²) >= 11 is 0. The second-order valence-electron chi connectivity index (χ2n) is 7.34. The first kappa shape index (κ1) is 22.7. The summed E-state index contributed by atoms with van der Waals surface area (Å²) in [6, 6.07) is 5.71. The minimum atomic E-state index is -0.772. The molecule has 0 amide bonds. The van der Waals surface area contributed by atoms with E-state index in [-0.39, 0.29) is 19.0 Å². The predicted octanol–water partition coefficient (Wildman–Crippen LogP) is 2.52. The van der Waals surface area contributed by atoms with Crippen molar-refractivity contribution >= 4 is 5.96 Å². The van der Waals surface area contributed by atoms with Gasteiger partial charge in [0.2, 0.25) is 0 Å². The van der Waals surface area contributed by atoms with Crippen LogP contribution in [-0.2, 0) is 13.6 Å². The molecule has 1 atom stereocenters. The van der Waals surface area contributed by atoms with E-state index in [2.05, 4.69) is 29.3 Å². The molecule has 0 saturated heterocycles. The first-order chi connectivity index (χ1) is 13.8. The number of aryl methyl sites for hydroxylation is 1. The topological polar surface area (TPSA) is 74.9 Å². The third-order valence-corrected chi connectivity index (χ3v) is 4.30. The largest absolute Gasteiger partial charge is 0.491 e. The van der Waals surface area contributed by atoms with Crippen LogP contribution in [0.1, 0.15) is 37.9 Å². The Morgan fingerprint density at radius 1 is 1.34 bits per heavy atom. The van der Waals surface area contributed by atoms with E-state index in [0.717, 1.165) is 17.8 Å². The number of hydrogen-bond acceptors (Lipinski definition) is 4. The number of nitrogens with one attached hydrogen (secondary N) is 1. The first-order valence-corrected chi connectivity index (χ1v) is 9.88. The fraction of sp³-hybridized carbons (Fsp3) is 0.524. The number of ether oxygens (including phenoxy) is 1. The van der Waals surface area contributed by atoms with Gasteiger partial charge in [0.25, 0.3) is 0 Å². The van der Waals surface area contributed by atoms with Crippen LogP contribution in [-0.4, -0.2) is 58.6 Å². The van der Waals surface area contributed by atoms with E-state index < -0.39 is 6.10 Å². The van der Waals surface area contributed by atoms with Crippen molar-refractivity contribution in [2.45, 2.75) is 39.3 Å². The quantitative estimate of drug-likeness (QED) is 0.495. The highest BCUT2D eigenvalue weighted by atomic mass is 19.1. The van der Waals surface area contributed by atoms with Crippen molar-refractivity contribution in [3.8, 4) is 5.75 Å². The van der Waals surface area contributed by atoms with E-state index in [0.29, 0.717) is 24.2 Å². The average Bonchev–Trinajstić information content (AvgIpc) is 3.05. The second kappa shape index (κ2) is 10.8. The van der Waals surface area contributed by atoms with Crippen molar-refractivity contribution in [2.24, 2.45) is 12.0 Å². The molecule has 160 valence electrons. The standard InChI is InChI=1S/C21H32FN5O2/c1-6-23-21(26(4)12-16-13-27(5)25-20(16)15(2)3)24-11-18(28)14-29-19-9-7-17(22)8-10-19/h7-10,13,15,18,28H,6,11-12,14H2,1-5H3,(H,23,24). The molecule has 1 unspecified atom stereocenters. The van der Waals surface area contributed by atoms with Crippen LogP contribution in [0.2, 0.25) is 0 Å². The molecule has 0 radical (unpaired) electrons. The van der Waals surface area contributed by atoms with Gasteiger partial charge in [-0.15, -0.1) is 0 Å². The fourth-order valence-corrected chi connectivity index (χ4v) is 2.93. The van der Waals surface area contributed by atoms with Crippen LogP contribution < -0.4 is 10.1 Å². The number of guanidine groups is 1. The molecule has 7 nitrogen and oxygen atoms in total. The zero-order valence-corrected chi connectivity index (χ0v) is 17.9. The number of aliphatic hydroxyl groups is 1. The Morgan fingerprint density at radius 3 is 2.66 bits per heavy atom. The molecule has 0 spiro atoms. The van der Waals surface area contributed by atoms with Crippen molar-refractivity contribution in [3.63, 3.8) is 0 Å². The van der Waals surface area contributed by atoms with Crippen molar-refractivity contribution in [2.75, 3.05) is 26.7 Å². The van der Waals surface area contributed by atoms with Crippen LogP contribution >= 0.6 is 0 Å². The maximum absolute atomic E-state index is 12.9. The normalized spacial score (nSPS) is 12.9. The van der Waals surface area contributed by atoms with E-state index in [4.69, 9.17) is 4.74 Å². The lowest BCUT2D eigenvalue weighted by molar-refractivity contribution is 0.114. The fourth-order valence-electron chi connectivity index (χ4n) is 2.93. The van der Waals surface area contributed by atoms with Crippen LogP contribution in [0.5, 0.6) is 5.75 Å². The van der Waals surface area contributed by atoms with Gasteiger partial charge < -0.3 is 20.1 Å². The minimum Gasteiger partial charge on any atom is -0.491 e. The van der Waals surface area contributed by atoms with Gasteiger partial charge in [-0.3, -0.25) is 9.67 Å². The minimum absolute atomic E-state index is 0.0817. The summed E-state index contributed by atoms with van der Waals surface area (Å²) in [5.41, 5.74) is 2.22. The van der Waals surface area contributed by atoms with E-state index in [9.17, 15) is 9.50 Å². The third-order valence-electron chi connectivity index (χ3n) is 4.30. The molecule has 0 aliphatic carbocycles. The number of nitrogens with zero attached hydrogens (tertiary/aromatic N) is 4. The lowest BCUT2D eigenvalue weighted by atomic mass is 10.1. The summed E-state index contributed by atoms with van der Waals surface area (Å²) in [6.45, 7) is 7.91. The number of rotatable bonds is 9. The molecule has 0 bridgehead atoms. The Bertz CT molecular complexity index is 789. The van der Waals surface area contributed by atoms with E-state index in [1.807, 2.05) is 36.8 Å². The molecular formula is C21H32FN5O2. The highest BCUT2D eigenvalue weighted by Gasteiger charge is 2.15. The molecule has 1 heterocycles. The number of aliphatic hydroxyl groups excluding tert-OH is 1. The molecule has 2 N–H and O–H groups in total. The van der Waals surface area contributed by atoms with Crippen LogP contribution in [0, 0.1) is 5.82 Å². The van der Waals surface area contributed by atoms with Gasteiger partial charge in [-0.05, 0) is 37.1 Å². The number of aromatic nitrogens is 2. The molecule has 0 aliphatic heterocycles. The molecule has 0 fully saturated rings. The SMILES string of the molecule is CCNC(=NCC(O)COc1ccc(F)cc1)N(C)Cc1cn(C)nc1C(C)C. The molecule has 1 aromatic heterocycles. The molecule has 8 heteroatoms. The van der Waals surface area contributed by atoms with E-state index in [1.54, 1.807) is 0 Å². The van der Waals surface area contributed by atoms with Gasteiger partial charge in [0.05, 0.1) is 12.2 Å². The van der Waals surface area contributed by atoms with Crippen LogP contribution in [0.3, 0.4) is 0 Å². The highest BCUT2D eigenvalue weighted by molar-refractivity contribution is 5.79. The number of benzene rings is 1. The van der Waals surface area contributed by atoms with Crippen LogP contribution in [0.4, 0.5) is 4.39 Å². The third kappa shape index (κ3) is 7.05. The Hall–Kier alpha value is -2.61. The predicted molar refractivity (Wildman–Crippen MR) is 113 cm³/mol. The first-order valence-electron chi connectivity index (χ1n) is 9.88. The van der Waals surface area contributed by atoms with Crippen LogP contribution in [0.25, 0.3) is 0 Å². The van der Waals surface area contributed by atoms with Crippen molar-refractivity contribution in [1.82, 2.24) is 20.0 Å². The average molecular weight is 406 g/mol. The Morgan fingerprint density at radius 2 is 2.03 bits per heavy atom. The van der Waals surface area contributed by atoms with Crippen molar-refractivity contribution in [3.05, 3.63) is 47.5 Å². The van der Waals surface area contributed by atoms with Gasteiger partial charge in [0.15, 0.2) is 5.96 Å². The van der Waals surface area contributed by atoms with Gasteiger partial charge in [0.1, 0.15) is 24.3 Å². The molecule has 2 aromatic rings. The maximum Gasteiger partial charge on any atom is 0.194 e. The maximum atomic E-state index is 12.9. The molecule has 1 aromatic carbocycles. The Balaban J connectivity index is 1.96. The summed E-state index contributed by atoms with van der Waals surface area (Å²) in [5, 5.41) is 18.0. The van der Waals surface area contributed by atoms with Gasteiger partial charge in [-0.2, -0.15) is 5.10 Å². The highest BCUT2D eigenvalue weighted by Crippen LogP contribution is 2.18.